The van der Waals surface area contributed by atoms with Crippen molar-refractivity contribution in [3.05, 3.63) is 114 Å². The van der Waals surface area contributed by atoms with E-state index in [0.29, 0.717) is 16.8 Å². The number of aromatic nitrogens is 2. The predicted octanol–water partition coefficient (Wildman–Crippen LogP) is 4.25. The number of ether oxygens (including phenoxy) is 1. The average molecular weight is 484 g/mol. The number of nitrogens with zero attached hydrogens (tertiary/aromatic N) is 2. The Kier molecular flexibility index (Phi) is 7.40. The second-order valence-electron chi connectivity index (χ2n) is 7.73. The number of benzene rings is 3. The van der Waals surface area contributed by atoms with Gasteiger partial charge in [0.2, 0.25) is 0 Å². The van der Waals surface area contributed by atoms with E-state index >= 15 is 0 Å². The van der Waals surface area contributed by atoms with Gasteiger partial charge in [-0.15, -0.1) is 0 Å². The Morgan fingerprint density at radius 3 is 2.42 bits per heavy atom. The van der Waals surface area contributed by atoms with Crippen molar-refractivity contribution in [1.82, 2.24) is 15.3 Å². The largest absolute Gasteiger partial charge is 0.465 e. The van der Waals surface area contributed by atoms with E-state index in [0.717, 1.165) is 11.1 Å². The molecule has 0 fully saturated rings. The first-order chi connectivity index (χ1) is 17.4. The molecular formula is C27H21FN4O4. The van der Waals surface area contributed by atoms with Crippen LogP contribution in [0.25, 0.3) is 11.1 Å². The highest BCUT2D eigenvalue weighted by Gasteiger charge is 2.14. The highest BCUT2D eigenvalue weighted by Crippen LogP contribution is 2.21. The van der Waals surface area contributed by atoms with E-state index in [4.69, 9.17) is 4.74 Å². The zero-order valence-electron chi connectivity index (χ0n) is 19.2. The van der Waals surface area contributed by atoms with Gasteiger partial charge in [0.25, 0.3) is 11.8 Å². The van der Waals surface area contributed by atoms with Crippen LogP contribution in [-0.4, -0.2) is 34.9 Å². The summed E-state index contributed by atoms with van der Waals surface area (Å²) >= 11 is 0. The Bertz CT molecular complexity index is 1410. The average Bonchev–Trinajstić information content (AvgIpc) is 2.92. The van der Waals surface area contributed by atoms with Gasteiger partial charge < -0.3 is 15.4 Å². The van der Waals surface area contributed by atoms with Crippen LogP contribution in [0.1, 0.15) is 36.8 Å². The zero-order chi connectivity index (χ0) is 25.5. The maximum absolute atomic E-state index is 13.2. The summed E-state index contributed by atoms with van der Waals surface area (Å²) < 4.78 is 18.0. The molecule has 1 aromatic heterocycles. The highest BCUT2D eigenvalue weighted by atomic mass is 19.1. The second-order valence-corrected chi connectivity index (χ2v) is 7.73. The van der Waals surface area contributed by atoms with Gasteiger partial charge in [-0.2, -0.15) is 0 Å². The molecule has 0 radical (unpaired) electrons. The molecule has 8 nitrogen and oxygen atoms in total. The van der Waals surface area contributed by atoms with Crippen molar-refractivity contribution in [2.75, 3.05) is 12.4 Å². The summed E-state index contributed by atoms with van der Waals surface area (Å²) in [5.41, 5.74) is 3.17. The van der Waals surface area contributed by atoms with Crippen molar-refractivity contribution >= 4 is 23.5 Å². The fraction of sp³-hybridized carbons (Fsp3) is 0.0741. The number of hydrogen-bond acceptors (Lipinski definition) is 6. The van der Waals surface area contributed by atoms with Gasteiger partial charge in [0.15, 0.2) is 0 Å². The molecule has 4 aromatic rings. The second kappa shape index (κ2) is 11.0. The molecule has 180 valence electrons. The third kappa shape index (κ3) is 5.95. The van der Waals surface area contributed by atoms with Crippen LogP contribution in [-0.2, 0) is 11.3 Å². The van der Waals surface area contributed by atoms with Crippen LogP contribution >= 0.6 is 0 Å². The lowest BCUT2D eigenvalue weighted by molar-refractivity contribution is 0.0600. The number of anilines is 1. The van der Waals surface area contributed by atoms with Crippen molar-refractivity contribution < 1.29 is 23.5 Å². The van der Waals surface area contributed by atoms with Crippen molar-refractivity contribution in [1.29, 1.82) is 0 Å². The monoisotopic (exact) mass is 484 g/mol. The normalized spacial score (nSPS) is 10.4. The molecule has 36 heavy (non-hydrogen) atoms. The minimum atomic E-state index is -0.592. The molecule has 0 unspecified atom stereocenters. The first-order valence-electron chi connectivity index (χ1n) is 10.9. The summed E-state index contributed by atoms with van der Waals surface area (Å²) in [6.07, 6.45) is 4.16. The molecular weight excluding hydrogens is 463 g/mol. The van der Waals surface area contributed by atoms with E-state index < -0.39 is 11.9 Å². The molecule has 0 aliphatic rings. The van der Waals surface area contributed by atoms with Crippen LogP contribution in [0.4, 0.5) is 10.1 Å². The van der Waals surface area contributed by atoms with Crippen LogP contribution in [0.15, 0.2) is 85.3 Å². The van der Waals surface area contributed by atoms with Crippen LogP contribution in [0, 0.1) is 5.82 Å². The van der Waals surface area contributed by atoms with E-state index in [-0.39, 0.29) is 29.5 Å². The van der Waals surface area contributed by atoms with Gasteiger partial charge in [0.05, 0.1) is 18.9 Å². The lowest BCUT2D eigenvalue weighted by Crippen LogP contribution is -2.23. The van der Waals surface area contributed by atoms with Crippen molar-refractivity contribution in [3.63, 3.8) is 0 Å². The maximum atomic E-state index is 13.2. The van der Waals surface area contributed by atoms with Gasteiger partial charge in [0, 0.05) is 30.2 Å². The smallest absolute Gasteiger partial charge is 0.337 e. The predicted molar refractivity (Wildman–Crippen MR) is 131 cm³/mol. The fourth-order valence-electron chi connectivity index (χ4n) is 3.48. The number of carbonyl (C=O) groups is 3. The third-order valence-corrected chi connectivity index (χ3v) is 5.22. The first kappa shape index (κ1) is 24.2. The van der Waals surface area contributed by atoms with E-state index in [1.807, 2.05) is 6.07 Å². The van der Waals surface area contributed by atoms with Crippen molar-refractivity contribution in [2.45, 2.75) is 6.54 Å². The number of carbonyl (C=O) groups excluding carboxylic acids is 3. The van der Waals surface area contributed by atoms with Gasteiger partial charge in [-0.05, 0) is 59.2 Å². The van der Waals surface area contributed by atoms with Gasteiger partial charge in [-0.25, -0.2) is 14.2 Å². The first-order valence-corrected chi connectivity index (χ1v) is 10.9. The molecule has 3 aromatic carbocycles. The van der Waals surface area contributed by atoms with Crippen LogP contribution < -0.4 is 10.6 Å². The van der Waals surface area contributed by atoms with E-state index in [9.17, 15) is 18.8 Å². The number of amides is 2. The molecule has 2 amide bonds. The van der Waals surface area contributed by atoms with E-state index in [2.05, 4.69) is 20.6 Å². The number of halogens is 1. The summed E-state index contributed by atoms with van der Waals surface area (Å²) in [6.45, 7) is 0.0818. The minimum absolute atomic E-state index is 0.0818. The molecule has 0 spiro atoms. The number of hydrogen-bond donors (Lipinski definition) is 2. The maximum Gasteiger partial charge on any atom is 0.337 e. The molecule has 1 heterocycles. The Hall–Kier alpha value is -4.92. The molecule has 0 saturated carbocycles. The molecule has 0 atom stereocenters. The van der Waals surface area contributed by atoms with Gasteiger partial charge in [-0.1, -0.05) is 24.3 Å². The molecule has 9 heteroatoms. The standard InChI is InChI=1S/C27H21FN4O4/c1-36-27(35)21-11-17(12-23(14-21)32-26(34)24-16-29-9-10-30-24)15-31-25(33)20-4-2-3-19(13-20)18-5-7-22(28)8-6-18/h2-14,16H,15H2,1H3,(H,31,33)(H,32,34). The number of esters is 1. The quantitative estimate of drug-likeness (QED) is 0.380. The third-order valence-electron chi connectivity index (χ3n) is 5.22. The minimum Gasteiger partial charge on any atom is -0.465 e. The molecule has 0 saturated heterocycles. The summed E-state index contributed by atoms with van der Waals surface area (Å²) in [6, 6.07) is 17.6. The van der Waals surface area contributed by atoms with Crippen molar-refractivity contribution in [2.24, 2.45) is 0 Å². The van der Waals surface area contributed by atoms with E-state index in [1.165, 1.54) is 43.9 Å². The van der Waals surface area contributed by atoms with Gasteiger partial charge in [-0.3, -0.25) is 14.6 Å². The Balaban J connectivity index is 1.51. The summed E-state index contributed by atoms with van der Waals surface area (Å²) in [7, 11) is 1.25. The molecule has 0 aliphatic heterocycles. The van der Waals surface area contributed by atoms with E-state index in [1.54, 1.807) is 42.5 Å². The molecule has 0 aliphatic carbocycles. The molecule has 4 rings (SSSR count). The van der Waals surface area contributed by atoms with Crippen LogP contribution in [0.2, 0.25) is 0 Å². The van der Waals surface area contributed by atoms with Crippen molar-refractivity contribution in [3.8, 4) is 11.1 Å². The molecule has 2 N–H and O–H groups in total. The Morgan fingerprint density at radius 2 is 1.69 bits per heavy atom. The SMILES string of the molecule is COC(=O)c1cc(CNC(=O)c2cccc(-c3ccc(F)cc3)c2)cc(NC(=O)c2cnccn2)c1. The number of rotatable bonds is 7. The Labute approximate surface area is 206 Å². The lowest BCUT2D eigenvalue weighted by atomic mass is 10.0. The topological polar surface area (TPSA) is 110 Å². The Morgan fingerprint density at radius 1 is 0.889 bits per heavy atom. The van der Waals surface area contributed by atoms with Crippen LogP contribution in [0.5, 0.6) is 0 Å². The van der Waals surface area contributed by atoms with Gasteiger partial charge in [0.1, 0.15) is 11.5 Å². The lowest BCUT2D eigenvalue weighted by Gasteiger charge is -2.12. The van der Waals surface area contributed by atoms with Gasteiger partial charge >= 0.3 is 5.97 Å². The molecule has 0 bridgehead atoms. The number of methoxy groups -OCH3 is 1. The zero-order valence-corrected chi connectivity index (χ0v) is 19.2. The van der Waals surface area contributed by atoms with Crippen LogP contribution in [0.3, 0.4) is 0 Å². The fourth-order valence-corrected chi connectivity index (χ4v) is 3.48. The highest BCUT2D eigenvalue weighted by molar-refractivity contribution is 6.03. The number of nitrogens with one attached hydrogen (secondary N) is 2. The summed E-state index contributed by atoms with van der Waals surface area (Å²) in [4.78, 5) is 45.3. The summed E-state index contributed by atoms with van der Waals surface area (Å²) in [5.74, 6) is -1.77. The summed E-state index contributed by atoms with van der Waals surface area (Å²) in [5, 5.41) is 5.49.